The van der Waals surface area contributed by atoms with Gasteiger partial charge in [-0.15, -0.1) is 0 Å². The van der Waals surface area contributed by atoms with Crippen LogP contribution in [-0.2, 0) is 0 Å². The zero-order valence-corrected chi connectivity index (χ0v) is 13.8. The van der Waals surface area contributed by atoms with Crippen molar-refractivity contribution in [2.75, 3.05) is 46.7 Å². The molecule has 1 aliphatic rings. The Morgan fingerprint density at radius 2 is 1.73 bits per heavy atom. The molecule has 1 saturated heterocycles. The summed E-state index contributed by atoms with van der Waals surface area (Å²) in [4.78, 5) is 16.5. The SMILES string of the molecule is COc1cc(NC(=O)N(C)C2CCN(C)CC2)cc(OC)c1. The molecule has 0 aromatic heterocycles. The Bertz CT molecular complexity index is 491. The highest BCUT2D eigenvalue weighted by molar-refractivity contribution is 5.89. The summed E-state index contributed by atoms with van der Waals surface area (Å²) in [5.41, 5.74) is 0.668. The van der Waals surface area contributed by atoms with Crippen molar-refractivity contribution in [3.63, 3.8) is 0 Å². The van der Waals surface area contributed by atoms with Crippen LogP contribution in [0.3, 0.4) is 0 Å². The molecular weight excluding hydrogens is 282 g/mol. The summed E-state index contributed by atoms with van der Waals surface area (Å²) in [6, 6.07) is 5.51. The number of carbonyl (C=O) groups excluding carboxylic acids is 1. The number of methoxy groups -OCH3 is 2. The molecule has 0 radical (unpaired) electrons. The van der Waals surface area contributed by atoms with E-state index in [2.05, 4.69) is 17.3 Å². The van der Waals surface area contributed by atoms with Crippen molar-refractivity contribution in [3.8, 4) is 11.5 Å². The third kappa shape index (κ3) is 4.04. The second-order valence-corrected chi connectivity index (χ2v) is 5.68. The first kappa shape index (κ1) is 16.4. The molecule has 6 heteroatoms. The van der Waals surface area contributed by atoms with Crippen LogP contribution in [-0.4, -0.2) is 63.3 Å². The predicted molar refractivity (Wildman–Crippen MR) is 86.8 cm³/mol. The van der Waals surface area contributed by atoms with Crippen LogP contribution < -0.4 is 14.8 Å². The third-order valence-corrected chi connectivity index (χ3v) is 4.16. The first-order chi connectivity index (χ1) is 10.5. The van der Waals surface area contributed by atoms with Crippen molar-refractivity contribution in [3.05, 3.63) is 18.2 Å². The van der Waals surface area contributed by atoms with Crippen molar-refractivity contribution < 1.29 is 14.3 Å². The van der Waals surface area contributed by atoms with Gasteiger partial charge in [-0.3, -0.25) is 0 Å². The van der Waals surface area contributed by atoms with E-state index in [9.17, 15) is 4.79 Å². The number of amides is 2. The summed E-state index contributed by atoms with van der Waals surface area (Å²) < 4.78 is 10.4. The number of benzene rings is 1. The molecule has 2 rings (SSSR count). The van der Waals surface area contributed by atoms with Gasteiger partial charge in [-0.1, -0.05) is 0 Å². The normalized spacial score (nSPS) is 16.2. The summed E-state index contributed by atoms with van der Waals surface area (Å²) in [5.74, 6) is 1.30. The van der Waals surface area contributed by atoms with Gasteiger partial charge in [-0.2, -0.15) is 0 Å². The summed E-state index contributed by atoms with van der Waals surface area (Å²) in [5, 5.41) is 2.91. The molecule has 0 unspecified atom stereocenters. The van der Waals surface area contributed by atoms with Crippen LogP contribution in [0.4, 0.5) is 10.5 Å². The molecule has 1 aromatic rings. The van der Waals surface area contributed by atoms with Gasteiger partial charge in [-0.25, -0.2) is 4.79 Å². The van der Waals surface area contributed by atoms with Gasteiger partial charge in [0.2, 0.25) is 0 Å². The van der Waals surface area contributed by atoms with Gasteiger partial charge >= 0.3 is 6.03 Å². The van der Waals surface area contributed by atoms with Gasteiger partial charge in [0.15, 0.2) is 0 Å². The van der Waals surface area contributed by atoms with Gasteiger partial charge in [-0.05, 0) is 33.0 Å². The molecule has 22 heavy (non-hydrogen) atoms. The van der Waals surface area contributed by atoms with Crippen molar-refractivity contribution in [1.82, 2.24) is 9.80 Å². The summed E-state index contributed by atoms with van der Waals surface area (Å²) in [6.45, 7) is 2.05. The van der Waals surface area contributed by atoms with Crippen molar-refractivity contribution in [2.45, 2.75) is 18.9 Å². The van der Waals surface area contributed by atoms with Crippen molar-refractivity contribution in [1.29, 1.82) is 0 Å². The average Bonchev–Trinajstić information content (AvgIpc) is 2.54. The minimum Gasteiger partial charge on any atom is -0.497 e. The van der Waals surface area contributed by atoms with Crippen LogP contribution in [0.2, 0.25) is 0 Å². The number of hydrogen-bond donors (Lipinski definition) is 1. The van der Waals surface area contributed by atoms with E-state index in [0.29, 0.717) is 17.2 Å². The van der Waals surface area contributed by atoms with Gasteiger partial charge in [0.1, 0.15) is 11.5 Å². The van der Waals surface area contributed by atoms with Gasteiger partial charge in [0.05, 0.1) is 14.2 Å². The molecule has 2 amide bonds. The topological polar surface area (TPSA) is 54.0 Å². The smallest absolute Gasteiger partial charge is 0.321 e. The number of piperidine rings is 1. The van der Waals surface area contributed by atoms with Crippen LogP contribution in [0.1, 0.15) is 12.8 Å². The maximum atomic E-state index is 12.4. The lowest BCUT2D eigenvalue weighted by Crippen LogP contribution is -2.46. The van der Waals surface area contributed by atoms with E-state index >= 15 is 0 Å². The Balaban J connectivity index is 2.01. The third-order valence-electron chi connectivity index (χ3n) is 4.16. The standard InChI is InChI=1S/C16H25N3O3/c1-18-7-5-13(6-8-18)19(2)16(20)17-12-9-14(21-3)11-15(10-12)22-4/h9-11,13H,5-8H2,1-4H3,(H,17,20). The first-order valence-corrected chi connectivity index (χ1v) is 7.49. The van der Waals surface area contributed by atoms with Crippen LogP contribution in [0.15, 0.2) is 18.2 Å². The Kier molecular flexibility index (Phi) is 5.49. The quantitative estimate of drug-likeness (QED) is 0.927. The number of anilines is 1. The molecular formula is C16H25N3O3. The first-order valence-electron chi connectivity index (χ1n) is 7.49. The number of carbonyl (C=O) groups is 1. The summed E-state index contributed by atoms with van der Waals surface area (Å²) >= 11 is 0. The minimum atomic E-state index is -0.107. The lowest BCUT2D eigenvalue weighted by molar-refractivity contribution is 0.156. The molecule has 1 aromatic carbocycles. The number of ether oxygens (including phenoxy) is 2. The fraction of sp³-hybridized carbons (Fsp3) is 0.562. The maximum absolute atomic E-state index is 12.4. The molecule has 1 fully saturated rings. The molecule has 6 nitrogen and oxygen atoms in total. The van der Waals surface area contributed by atoms with Crippen molar-refractivity contribution in [2.24, 2.45) is 0 Å². The van der Waals surface area contributed by atoms with E-state index in [1.54, 1.807) is 37.3 Å². The maximum Gasteiger partial charge on any atom is 0.321 e. The Morgan fingerprint density at radius 3 is 2.23 bits per heavy atom. The van der Waals surface area contributed by atoms with Crippen LogP contribution in [0, 0.1) is 0 Å². The highest BCUT2D eigenvalue weighted by atomic mass is 16.5. The van der Waals surface area contributed by atoms with Gasteiger partial charge in [0.25, 0.3) is 0 Å². The number of urea groups is 1. The molecule has 0 saturated carbocycles. The Labute approximate surface area is 132 Å². The van der Waals surface area contributed by atoms with E-state index < -0.39 is 0 Å². The number of likely N-dealkylation sites (tertiary alicyclic amines) is 1. The molecule has 1 N–H and O–H groups in total. The fourth-order valence-corrected chi connectivity index (χ4v) is 2.64. The summed E-state index contributed by atoms with van der Waals surface area (Å²) in [6.07, 6.45) is 2.00. The average molecular weight is 307 g/mol. The Hall–Kier alpha value is -1.95. The fourth-order valence-electron chi connectivity index (χ4n) is 2.64. The molecule has 0 aliphatic carbocycles. The highest BCUT2D eigenvalue weighted by Gasteiger charge is 2.24. The number of nitrogens with one attached hydrogen (secondary N) is 1. The van der Waals surface area contributed by atoms with E-state index in [1.165, 1.54) is 0 Å². The Morgan fingerprint density at radius 1 is 1.18 bits per heavy atom. The number of nitrogens with zero attached hydrogens (tertiary/aromatic N) is 2. The van der Waals surface area contributed by atoms with Gasteiger partial charge in [0, 0.05) is 37.0 Å². The van der Waals surface area contributed by atoms with E-state index in [4.69, 9.17) is 9.47 Å². The molecule has 0 spiro atoms. The predicted octanol–water partition coefficient (Wildman–Crippen LogP) is 2.26. The molecule has 1 aliphatic heterocycles. The molecule has 1 heterocycles. The van der Waals surface area contributed by atoms with Crippen LogP contribution in [0.25, 0.3) is 0 Å². The lowest BCUT2D eigenvalue weighted by Gasteiger charge is -2.35. The monoisotopic (exact) mass is 307 g/mol. The zero-order chi connectivity index (χ0) is 16.1. The number of rotatable bonds is 4. The molecule has 122 valence electrons. The van der Waals surface area contributed by atoms with E-state index in [-0.39, 0.29) is 12.1 Å². The van der Waals surface area contributed by atoms with Crippen LogP contribution >= 0.6 is 0 Å². The molecule has 0 bridgehead atoms. The van der Waals surface area contributed by atoms with Crippen molar-refractivity contribution >= 4 is 11.7 Å². The van der Waals surface area contributed by atoms with E-state index in [1.807, 2.05) is 7.05 Å². The van der Waals surface area contributed by atoms with E-state index in [0.717, 1.165) is 25.9 Å². The highest BCUT2D eigenvalue weighted by Crippen LogP contribution is 2.26. The lowest BCUT2D eigenvalue weighted by atomic mass is 10.0. The zero-order valence-electron chi connectivity index (χ0n) is 13.8. The van der Waals surface area contributed by atoms with Crippen LogP contribution in [0.5, 0.6) is 11.5 Å². The largest absolute Gasteiger partial charge is 0.497 e. The minimum absolute atomic E-state index is 0.107. The molecule has 0 atom stereocenters. The summed E-state index contributed by atoms with van der Waals surface area (Å²) in [7, 11) is 7.14. The number of hydrogen-bond acceptors (Lipinski definition) is 4. The second kappa shape index (κ2) is 7.35. The van der Waals surface area contributed by atoms with Gasteiger partial charge < -0.3 is 24.6 Å². The second-order valence-electron chi connectivity index (χ2n) is 5.68.